The Morgan fingerprint density at radius 1 is 1.11 bits per heavy atom. The first-order chi connectivity index (χ1) is 9.16. The number of para-hydroxylation sites is 1. The van der Waals surface area contributed by atoms with Gasteiger partial charge >= 0.3 is 0 Å². The molecule has 0 amide bonds. The monoisotopic (exact) mass is 269 g/mol. The highest BCUT2D eigenvalue weighted by Gasteiger charge is 2.40. The van der Waals surface area contributed by atoms with E-state index in [0.29, 0.717) is 11.1 Å². The van der Waals surface area contributed by atoms with E-state index in [9.17, 15) is 4.57 Å². The third-order valence-corrected chi connectivity index (χ3v) is 6.01. The zero-order valence-electron chi connectivity index (χ0n) is 10.4. The van der Waals surface area contributed by atoms with Crippen molar-refractivity contribution in [2.24, 2.45) is 0 Å². The van der Waals surface area contributed by atoms with E-state index in [-0.39, 0.29) is 0 Å². The summed E-state index contributed by atoms with van der Waals surface area (Å²) < 4.78 is 18.8. The van der Waals surface area contributed by atoms with Crippen molar-refractivity contribution in [3.63, 3.8) is 0 Å². The van der Waals surface area contributed by atoms with Crippen LogP contribution in [0.4, 0.5) is 0 Å². The number of nitrogens with zero attached hydrogens (tertiary/aromatic N) is 1. The highest BCUT2D eigenvalue weighted by Crippen LogP contribution is 2.57. The quantitative estimate of drug-likeness (QED) is 0.744. The Morgan fingerprint density at radius 2 is 1.74 bits per heavy atom. The summed E-state index contributed by atoms with van der Waals surface area (Å²) in [4.78, 5) is 0. The van der Waals surface area contributed by atoms with E-state index in [4.69, 9.17) is 9.79 Å². The lowest BCUT2D eigenvalue weighted by Gasteiger charge is -2.29. The molecule has 0 aromatic heterocycles. The van der Waals surface area contributed by atoms with Gasteiger partial charge in [-0.3, -0.25) is 4.57 Å². The van der Waals surface area contributed by atoms with Crippen molar-refractivity contribution in [1.29, 1.82) is 5.26 Å². The Morgan fingerprint density at radius 3 is 2.47 bits per heavy atom. The van der Waals surface area contributed by atoms with Crippen molar-refractivity contribution >= 4 is 12.7 Å². The largest absolute Gasteiger partial charge is 0.438 e. The minimum Gasteiger partial charge on any atom is -0.438 e. The molecule has 2 atom stereocenters. The van der Waals surface area contributed by atoms with Crippen molar-refractivity contribution in [3.05, 3.63) is 48.5 Å². The van der Waals surface area contributed by atoms with Crippen LogP contribution in [0.5, 0.6) is 5.75 Å². The van der Waals surface area contributed by atoms with Gasteiger partial charge in [-0.1, -0.05) is 36.4 Å². The van der Waals surface area contributed by atoms with Gasteiger partial charge < -0.3 is 4.52 Å². The molecular weight excluding hydrogens is 257 g/mol. The Bertz CT molecular complexity index is 733. The van der Waals surface area contributed by atoms with Crippen LogP contribution in [0.1, 0.15) is 6.92 Å². The highest BCUT2D eigenvalue weighted by molar-refractivity contribution is 7.68. The van der Waals surface area contributed by atoms with Crippen LogP contribution in [0.15, 0.2) is 48.5 Å². The van der Waals surface area contributed by atoms with Gasteiger partial charge in [-0.2, -0.15) is 5.26 Å². The summed E-state index contributed by atoms with van der Waals surface area (Å²) >= 11 is 0. The molecule has 1 heterocycles. The first-order valence-electron chi connectivity index (χ1n) is 6.05. The first-order valence-corrected chi connectivity index (χ1v) is 7.74. The van der Waals surface area contributed by atoms with E-state index >= 15 is 0 Å². The third-order valence-electron chi connectivity index (χ3n) is 3.35. The predicted molar refractivity (Wildman–Crippen MR) is 74.8 cm³/mol. The second-order valence-electron chi connectivity index (χ2n) is 4.51. The van der Waals surface area contributed by atoms with Crippen molar-refractivity contribution in [2.45, 2.75) is 12.6 Å². The molecule has 0 fully saturated rings. The molecule has 1 aliphatic rings. The van der Waals surface area contributed by atoms with Gasteiger partial charge in [-0.05, 0) is 24.6 Å². The lowest BCUT2D eigenvalue weighted by molar-refractivity contribution is 0.487. The van der Waals surface area contributed by atoms with E-state index in [1.54, 1.807) is 19.1 Å². The normalized spacial score (nSPS) is 21.5. The van der Waals surface area contributed by atoms with E-state index < -0.39 is 13.0 Å². The van der Waals surface area contributed by atoms with Crippen LogP contribution in [0.2, 0.25) is 0 Å². The summed E-state index contributed by atoms with van der Waals surface area (Å²) in [6, 6.07) is 17.0. The van der Waals surface area contributed by atoms with Gasteiger partial charge in [0.25, 0.3) is 7.37 Å². The number of nitriles is 1. The van der Waals surface area contributed by atoms with Crippen LogP contribution >= 0.6 is 7.37 Å². The minimum absolute atomic E-state index is 0.589. The van der Waals surface area contributed by atoms with Crippen molar-refractivity contribution < 1.29 is 9.09 Å². The predicted octanol–water partition coefficient (Wildman–Crippen LogP) is 3.56. The molecule has 3 rings (SSSR count). The molecular formula is C15H12NO2P. The highest BCUT2D eigenvalue weighted by atomic mass is 31.2. The van der Waals surface area contributed by atoms with Crippen LogP contribution in [0, 0.1) is 11.3 Å². The summed E-state index contributed by atoms with van der Waals surface area (Å²) in [5.74, 6) is 0.589. The molecule has 4 heteroatoms. The Kier molecular flexibility index (Phi) is 2.69. The van der Waals surface area contributed by atoms with Gasteiger partial charge in [-0.25, -0.2) is 0 Å². The molecule has 3 nitrogen and oxygen atoms in total. The number of benzene rings is 2. The molecule has 2 aromatic carbocycles. The average molecular weight is 269 g/mol. The maximum absolute atomic E-state index is 13.1. The fraction of sp³-hybridized carbons (Fsp3) is 0.133. The van der Waals surface area contributed by atoms with Crippen LogP contribution in [0.25, 0.3) is 11.1 Å². The van der Waals surface area contributed by atoms with E-state index in [1.165, 1.54) is 0 Å². The molecule has 0 bridgehead atoms. The number of rotatable bonds is 1. The fourth-order valence-electron chi connectivity index (χ4n) is 2.30. The van der Waals surface area contributed by atoms with Crippen molar-refractivity contribution in [3.8, 4) is 22.9 Å². The second-order valence-corrected chi connectivity index (χ2v) is 7.14. The summed E-state index contributed by atoms with van der Waals surface area (Å²) in [5, 5.41) is 9.77. The molecule has 1 aliphatic heterocycles. The van der Waals surface area contributed by atoms with Crippen LogP contribution in [-0.2, 0) is 4.57 Å². The summed E-state index contributed by atoms with van der Waals surface area (Å²) in [5.41, 5.74) is 1.16. The Balaban J connectivity index is 2.32. The Labute approximate surface area is 111 Å². The van der Waals surface area contributed by atoms with E-state index in [2.05, 4.69) is 6.07 Å². The van der Waals surface area contributed by atoms with Crippen molar-refractivity contribution in [2.75, 3.05) is 0 Å². The summed E-state index contributed by atoms with van der Waals surface area (Å²) in [6.45, 7) is 1.64. The SMILES string of the molecule is CC(C#N)P1(=O)Oc2ccccc2-c2ccccc21. The lowest BCUT2D eigenvalue weighted by Crippen LogP contribution is -2.23. The fourth-order valence-corrected chi connectivity index (χ4v) is 4.40. The number of fused-ring (bicyclic) bond motifs is 3. The van der Waals surface area contributed by atoms with Crippen molar-refractivity contribution in [1.82, 2.24) is 0 Å². The van der Waals surface area contributed by atoms with E-state index in [1.807, 2.05) is 36.4 Å². The number of hydrogen-bond donors (Lipinski definition) is 0. The second kappa shape index (κ2) is 4.26. The summed E-state index contributed by atoms with van der Waals surface area (Å²) in [6.07, 6.45) is 0. The molecule has 0 aliphatic carbocycles. The molecule has 19 heavy (non-hydrogen) atoms. The van der Waals surface area contributed by atoms with Crippen LogP contribution in [0.3, 0.4) is 0 Å². The van der Waals surface area contributed by atoms with Gasteiger partial charge in [0.2, 0.25) is 0 Å². The molecule has 94 valence electrons. The standard InChI is InChI=1S/C15H12NO2P/c1-11(10-16)19(17)15-9-5-3-7-13(15)12-6-2-4-8-14(12)18-19/h2-9,11H,1H3. The minimum atomic E-state index is -3.19. The third kappa shape index (κ3) is 1.69. The number of hydrogen-bond acceptors (Lipinski definition) is 3. The van der Waals surface area contributed by atoms with Gasteiger partial charge in [0.05, 0.1) is 11.4 Å². The Hall–Kier alpha value is -2.04. The molecule has 2 aromatic rings. The maximum atomic E-state index is 13.1. The molecule has 0 radical (unpaired) electrons. The van der Waals surface area contributed by atoms with E-state index in [0.717, 1.165) is 11.1 Å². The zero-order chi connectivity index (χ0) is 13.5. The van der Waals surface area contributed by atoms with Crippen LogP contribution in [-0.4, -0.2) is 5.66 Å². The van der Waals surface area contributed by atoms with Crippen LogP contribution < -0.4 is 9.83 Å². The topological polar surface area (TPSA) is 50.1 Å². The molecule has 0 saturated heterocycles. The average Bonchev–Trinajstić information content (AvgIpc) is 2.47. The van der Waals surface area contributed by atoms with Gasteiger partial charge in [0, 0.05) is 5.56 Å². The van der Waals surface area contributed by atoms with Gasteiger partial charge in [0.1, 0.15) is 11.4 Å². The molecule has 2 unspecified atom stereocenters. The lowest BCUT2D eigenvalue weighted by atomic mass is 10.0. The zero-order valence-corrected chi connectivity index (χ0v) is 11.3. The smallest absolute Gasteiger partial charge is 0.294 e. The molecule has 0 spiro atoms. The molecule has 0 N–H and O–H groups in total. The van der Waals surface area contributed by atoms with Gasteiger partial charge in [-0.15, -0.1) is 0 Å². The van der Waals surface area contributed by atoms with Gasteiger partial charge in [0.15, 0.2) is 0 Å². The summed E-state index contributed by atoms with van der Waals surface area (Å²) in [7, 11) is -3.19. The maximum Gasteiger partial charge on any atom is 0.294 e. The first kappa shape index (κ1) is 12.0. The molecule has 0 saturated carbocycles.